The topological polar surface area (TPSA) is 41.1 Å². The zero-order valence-electron chi connectivity index (χ0n) is 11.9. The Kier molecular flexibility index (Phi) is 6.89. The van der Waals surface area contributed by atoms with Gasteiger partial charge < -0.3 is 10.6 Å². The summed E-state index contributed by atoms with van der Waals surface area (Å²) in [5.74, 6) is 0.0600. The maximum Gasteiger partial charge on any atom is 0.236 e. The van der Waals surface area contributed by atoms with Gasteiger partial charge in [-0.3, -0.25) is 4.79 Å². The number of carbonyl (C=O) groups excluding carboxylic acids is 1. The molecule has 2 N–H and O–H groups in total. The molecule has 0 aromatic heterocycles. The van der Waals surface area contributed by atoms with E-state index in [4.69, 9.17) is 11.6 Å². The van der Waals surface area contributed by atoms with Crippen molar-refractivity contribution < 1.29 is 4.79 Å². The van der Waals surface area contributed by atoms with Crippen LogP contribution >= 0.6 is 11.6 Å². The predicted octanol–water partition coefficient (Wildman–Crippen LogP) is 2.78. The van der Waals surface area contributed by atoms with Crippen molar-refractivity contribution in [1.82, 2.24) is 10.6 Å². The zero-order valence-corrected chi connectivity index (χ0v) is 12.6. The Hall–Kier alpha value is -1.06. The molecule has 0 fully saturated rings. The Labute approximate surface area is 120 Å². The first kappa shape index (κ1) is 16.0. The molecule has 0 saturated heterocycles. The van der Waals surface area contributed by atoms with Gasteiger partial charge in [0, 0.05) is 17.6 Å². The Balaban J connectivity index is 2.39. The molecule has 3 nitrogen and oxygen atoms in total. The summed E-state index contributed by atoms with van der Waals surface area (Å²) < 4.78 is 0. The van der Waals surface area contributed by atoms with E-state index in [-0.39, 0.29) is 18.0 Å². The normalized spacial score (nSPS) is 13.9. The number of carbonyl (C=O) groups is 1. The number of benzene rings is 1. The Morgan fingerprint density at radius 2 is 1.89 bits per heavy atom. The smallest absolute Gasteiger partial charge is 0.236 e. The second kappa shape index (κ2) is 8.18. The molecule has 0 aliphatic carbocycles. The average molecular weight is 283 g/mol. The van der Waals surface area contributed by atoms with Crippen LogP contribution in [0.3, 0.4) is 0 Å². The van der Waals surface area contributed by atoms with Gasteiger partial charge in [0.2, 0.25) is 5.91 Å². The monoisotopic (exact) mass is 282 g/mol. The SMILES string of the molecule is CCCNC(=O)C(C)NC(C)Cc1ccc(Cl)cc1. The summed E-state index contributed by atoms with van der Waals surface area (Å²) in [4.78, 5) is 11.7. The number of nitrogens with one attached hydrogen (secondary N) is 2. The highest BCUT2D eigenvalue weighted by atomic mass is 35.5. The maximum absolute atomic E-state index is 11.7. The van der Waals surface area contributed by atoms with Crippen LogP contribution < -0.4 is 10.6 Å². The summed E-state index contributed by atoms with van der Waals surface area (Å²) in [5.41, 5.74) is 1.21. The van der Waals surface area contributed by atoms with E-state index in [9.17, 15) is 4.79 Å². The largest absolute Gasteiger partial charge is 0.355 e. The Bertz CT molecular complexity index is 392. The first-order valence-electron chi connectivity index (χ1n) is 6.81. The molecule has 2 unspecified atom stereocenters. The maximum atomic E-state index is 11.7. The lowest BCUT2D eigenvalue weighted by molar-refractivity contribution is -0.122. The fourth-order valence-electron chi connectivity index (χ4n) is 1.94. The van der Waals surface area contributed by atoms with Crippen molar-refractivity contribution in [3.05, 3.63) is 34.9 Å². The molecule has 106 valence electrons. The van der Waals surface area contributed by atoms with E-state index in [0.29, 0.717) is 0 Å². The van der Waals surface area contributed by atoms with Gasteiger partial charge in [-0.2, -0.15) is 0 Å². The standard InChI is InChI=1S/C15H23ClN2O/c1-4-9-17-15(19)12(3)18-11(2)10-13-5-7-14(16)8-6-13/h5-8,11-12,18H,4,9-10H2,1-3H3,(H,17,19). The molecule has 0 spiro atoms. The molecular weight excluding hydrogens is 260 g/mol. The quantitative estimate of drug-likeness (QED) is 0.807. The van der Waals surface area contributed by atoms with Crippen molar-refractivity contribution in [2.24, 2.45) is 0 Å². The summed E-state index contributed by atoms with van der Waals surface area (Å²) in [7, 11) is 0. The summed E-state index contributed by atoms with van der Waals surface area (Å²) in [6.45, 7) is 6.75. The molecule has 19 heavy (non-hydrogen) atoms. The fraction of sp³-hybridized carbons (Fsp3) is 0.533. The van der Waals surface area contributed by atoms with Crippen LogP contribution in [0.5, 0.6) is 0 Å². The van der Waals surface area contributed by atoms with Crippen molar-refractivity contribution in [3.63, 3.8) is 0 Å². The number of hydrogen-bond donors (Lipinski definition) is 2. The van der Waals surface area contributed by atoms with Gasteiger partial charge in [-0.25, -0.2) is 0 Å². The van der Waals surface area contributed by atoms with Gasteiger partial charge in [0.05, 0.1) is 6.04 Å². The Morgan fingerprint density at radius 3 is 2.47 bits per heavy atom. The van der Waals surface area contributed by atoms with Gasteiger partial charge >= 0.3 is 0 Å². The van der Waals surface area contributed by atoms with Crippen molar-refractivity contribution in [1.29, 1.82) is 0 Å². The van der Waals surface area contributed by atoms with Crippen LogP contribution in [0.4, 0.5) is 0 Å². The van der Waals surface area contributed by atoms with E-state index >= 15 is 0 Å². The van der Waals surface area contributed by atoms with Crippen LogP contribution in [0.1, 0.15) is 32.8 Å². The van der Waals surface area contributed by atoms with Crippen LogP contribution in [-0.4, -0.2) is 24.5 Å². The van der Waals surface area contributed by atoms with Gasteiger partial charge in [-0.1, -0.05) is 30.7 Å². The van der Waals surface area contributed by atoms with Crippen molar-refractivity contribution in [3.8, 4) is 0 Å². The average Bonchev–Trinajstić information content (AvgIpc) is 2.38. The van der Waals surface area contributed by atoms with Crippen LogP contribution in [0.25, 0.3) is 0 Å². The van der Waals surface area contributed by atoms with Crippen molar-refractivity contribution in [2.45, 2.75) is 45.7 Å². The Morgan fingerprint density at radius 1 is 1.26 bits per heavy atom. The molecule has 0 aliphatic heterocycles. The third kappa shape index (κ3) is 6.08. The lowest BCUT2D eigenvalue weighted by Gasteiger charge is -2.19. The first-order valence-corrected chi connectivity index (χ1v) is 7.19. The van der Waals surface area contributed by atoms with Crippen molar-refractivity contribution >= 4 is 17.5 Å². The van der Waals surface area contributed by atoms with E-state index < -0.39 is 0 Å². The number of amides is 1. The minimum absolute atomic E-state index is 0.0600. The van der Waals surface area contributed by atoms with E-state index in [1.165, 1.54) is 5.56 Å². The second-order valence-corrected chi connectivity index (χ2v) is 5.35. The van der Waals surface area contributed by atoms with Crippen LogP contribution in [0.15, 0.2) is 24.3 Å². The molecule has 2 atom stereocenters. The summed E-state index contributed by atoms with van der Waals surface area (Å²) in [5, 5.41) is 6.94. The molecule has 0 radical (unpaired) electrons. The molecule has 1 aromatic rings. The summed E-state index contributed by atoms with van der Waals surface area (Å²) in [6, 6.07) is 7.88. The van der Waals surface area contributed by atoms with Gasteiger partial charge in [-0.05, 0) is 44.4 Å². The molecule has 1 amide bonds. The van der Waals surface area contributed by atoms with E-state index in [1.54, 1.807) is 0 Å². The zero-order chi connectivity index (χ0) is 14.3. The summed E-state index contributed by atoms with van der Waals surface area (Å²) in [6.07, 6.45) is 1.83. The lowest BCUT2D eigenvalue weighted by atomic mass is 10.1. The third-order valence-corrected chi connectivity index (χ3v) is 3.18. The summed E-state index contributed by atoms with van der Waals surface area (Å²) >= 11 is 5.85. The van der Waals surface area contributed by atoms with Gasteiger partial charge in [0.15, 0.2) is 0 Å². The molecule has 0 bridgehead atoms. The highest BCUT2D eigenvalue weighted by Gasteiger charge is 2.14. The molecular formula is C15H23ClN2O. The van der Waals surface area contributed by atoms with Crippen LogP contribution in [0, 0.1) is 0 Å². The van der Waals surface area contributed by atoms with Crippen molar-refractivity contribution in [2.75, 3.05) is 6.54 Å². The van der Waals surface area contributed by atoms with Crippen LogP contribution in [-0.2, 0) is 11.2 Å². The minimum Gasteiger partial charge on any atom is -0.355 e. The number of hydrogen-bond acceptors (Lipinski definition) is 2. The molecule has 0 saturated carbocycles. The molecule has 0 aliphatic rings. The van der Waals surface area contributed by atoms with E-state index in [1.807, 2.05) is 38.1 Å². The van der Waals surface area contributed by atoms with E-state index in [2.05, 4.69) is 17.6 Å². The van der Waals surface area contributed by atoms with Gasteiger partial charge in [-0.15, -0.1) is 0 Å². The van der Waals surface area contributed by atoms with Gasteiger partial charge in [0.1, 0.15) is 0 Å². The number of halogens is 1. The van der Waals surface area contributed by atoms with Crippen LogP contribution in [0.2, 0.25) is 5.02 Å². The highest BCUT2D eigenvalue weighted by Crippen LogP contribution is 2.11. The minimum atomic E-state index is -0.172. The number of rotatable bonds is 7. The van der Waals surface area contributed by atoms with E-state index in [0.717, 1.165) is 24.4 Å². The second-order valence-electron chi connectivity index (χ2n) is 4.91. The highest BCUT2D eigenvalue weighted by molar-refractivity contribution is 6.30. The molecule has 4 heteroatoms. The lowest BCUT2D eigenvalue weighted by Crippen LogP contribution is -2.46. The fourth-order valence-corrected chi connectivity index (χ4v) is 2.06. The third-order valence-electron chi connectivity index (χ3n) is 2.93. The van der Waals surface area contributed by atoms with Gasteiger partial charge in [0.25, 0.3) is 0 Å². The predicted molar refractivity (Wildman–Crippen MR) is 80.5 cm³/mol. The first-order chi connectivity index (χ1) is 9.02. The molecule has 1 rings (SSSR count). The molecule has 0 heterocycles. The molecule has 1 aromatic carbocycles.